The molecule has 3 aromatic rings. The van der Waals surface area contributed by atoms with Gasteiger partial charge in [0.15, 0.2) is 0 Å². The summed E-state index contributed by atoms with van der Waals surface area (Å²) in [4.78, 5) is 8.70. The molecule has 1 aromatic heterocycles. The Morgan fingerprint density at radius 2 is 1.84 bits per heavy atom. The number of rotatable bonds is 5. The highest BCUT2D eigenvalue weighted by Gasteiger charge is 2.08. The average molecular weight is 375 g/mol. The van der Waals surface area contributed by atoms with Gasteiger partial charge in [-0.3, -0.25) is 0 Å². The minimum Gasteiger partial charge on any atom is -0.495 e. The molecule has 0 aliphatic rings. The van der Waals surface area contributed by atoms with E-state index in [2.05, 4.69) is 20.6 Å². The van der Waals surface area contributed by atoms with E-state index < -0.39 is 0 Å². The van der Waals surface area contributed by atoms with Crippen LogP contribution in [0.1, 0.15) is 5.56 Å². The topological polar surface area (TPSA) is 59.1 Å². The number of methoxy groups -OCH3 is 1. The van der Waals surface area contributed by atoms with Gasteiger partial charge >= 0.3 is 0 Å². The zero-order valence-electron chi connectivity index (χ0n) is 13.7. The predicted octanol–water partition coefficient (Wildman–Crippen LogP) is 5.59. The largest absolute Gasteiger partial charge is 0.495 e. The van der Waals surface area contributed by atoms with Crippen LogP contribution < -0.4 is 15.4 Å². The van der Waals surface area contributed by atoms with E-state index in [4.69, 9.17) is 27.9 Å². The number of benzene rings is 2. The second-order valence-electron chi connectivity index (χ2n) is 5.27. The highest BCUT2D eigenvalue weighted by atomic mass is 35.5. The standard InChI is InChI=1S/C18H16Cl2N4O/c1-11-13(20)4-3-5-14(11)22-17-8-9-21-18(24-17)23-15-10-12(19)6-7-16(15)25-2/h3-10H,1-2H3,(H2,21,22,23,24). The fraction of sp³-hybridized carbons (Fsp3) is 0.111. The van der Waals surface area contributed by atoms with Crippen molar-refractivity contribution < 1.29 is 4.74 Å². The Balaban J connectivity index is 1.85. The quantitative estimate of drug-likeness (QED) is 0.609. The molecule has 0 aliphatic carbocycles. The van der Waals surface area contributed by atoms with Gasteiger partial charge in [-0.15, -0.1) is 0 Å². The Kier molecular flexibility index (Phi) is 5.26. The first-order valence-corrected chi connectivity index (χ1v) is 8.28. The van der Waals surface area contributed by atoms with Crippen LogP contribution in [0.25, 0.3) is 0 Å². The molecule has 7 heteroatoms. The van der Waals surface area contributed by atoms with Crippen molar-refractivity contribution >= 4 is 46.3 Å². The summed E-state index contributed by atoms with van der Waals surface area (Å²) in [5, 5.41) is 7.65. The minimum absolute atomic E-state index is 0.422. The Bertz CT molecular complexity index is 902. The molecule has 1 heterocycles. The smallest absolute Gasteiger partial charge is 0.229 e. The molecule has 3 rings (SSSR count). The van der Waals surface area contributed by atoms with Gasteiger partial charge in [-0.1, -0.05) is 29.3 Å². The molecule has 0 fully saturated rings. The maximum Gasteiger partial charge on any atom is 0.229 e. The monoisotopic (exact) mass is 374 g/mol. The Morgan fingerprint density at radius 1 is 1.00 bits per heavy atom. The van der Waals surface area contributed by atoms with Crippen LogP contribution in [0.5, 0.6) is 5.75 Å². The van der Waals surface area contributed by atoms with Crippen molar-refractivity contribution in [1.29, 1.82) is 0 Å². The highest BCUT2D eigenvalue weighted by Crippen LogP contribution is 2.30. The normalized spacial score (nSPS) is 10.4. The molecule has 2 N–H and O–H groups in total. The Hall–Kier alpha value is -2.50. The molecule has 0 spiro atoms. The average Bonchev–Trinajstić information content (AvgIpc) is 2.60. The van der Waals surface area contributed by atoms with Gasteiger partial charge < -0.3 is 15.4 Å². The zero-order chi connectivity index (χ0) is 17.8. The lowest BCUT2D eigenvalue weighted by atomic mass is 10.2. The first-order valence-electron chi connectivity index (χ1n) is 7.52. The number of nitrogens with one attached hydrogen (secondary N) is 2. The molecule has 0 atom stereocenters. The van der Waals surface area contributed by atoms with Gasteiger partial charge in [-0.25, -0.2) is 4.98 Å². The fourth-order valence-corrected chi connectivity index (χ4v) is 2.61. The van der Waals surface area contributed by atoms with Gasteiger partial charge in [0, 0.05) is 21.9 Å². The van der Waals surface area contributed by atoms with E-state index in [0.29, 0.717) is 33.2 Å². The number of hydrogen-bond acceptors (Lipinski definition) is 5. The molecule has 2 aromatic carbocycles. The third-order valence-electron chi connectivity index (χ3n) is 3.59. The molecule has 0 aliphatic heterocycles. The minimum atomic E-state index is 0.422. The van der Waals surface area contributed by atoms with Crippen molar-refractivity contribution in [2.75, 3.05) is 17.7 Å². The molecule has 0 bridgehead atoms. The van der Waals surface area contributed by atoms with E-state index >= 15 is 0 Å². The Labute approximate surface area is 156 Å². The first-order chi connectivity index (χ1) is 12.1. The van der Waals surface area contributed by atoms with Gasteiger partial charge in [0.05, 0.1) is 12.8 Å². The number of anilines is 4. The molecule has 25 heavy (non-hydrogen) atoms. The molecular formula is C18H16Cl2N4O. The van der Waals surface area contributed by atoms with Crippen LogP contribution in [0, 0.1) is 6.92 Å². The third kappa shape index (κ3) is 4.13. The maximum absolute atomic E-state index is 6.16. The molecule has 0 amide bonds. The number of hydrogen-bond donors (Lipinski definition) is 2. The van der Waals surface area contributed by atoms with Crippen molar-refractivity contribution in [1.82, 2.24) is 9.97 Å². The lowest BCUT2D eigenvalue weighted by Gasteiger charge is -2.12. The summed E-state index contributed by atoms with van der Waals surface area (Å²) >= 11 is 12.2. The second-order valence-corrected chi connectivity index (χ2v) is 6.12. The second kappa shape index (κ2) is 7.59. The predicted molar refractivity (Wildman–Crippen MR) is 103 cm³/mol. The molecule has 0 unspecified atom stereocenters. The van der Waals surface area contributed by atoms with Crippen LogP contribution in [0.4, 0.5) is 23.1 Å². The number of halogens is 2. The molecule has 0 radical (unpaired) electrons. The van der Waals surface area contributed by atoms with Crippen molar-refractivity contribution in [3.63, 3.8) is 0 Å². The van der Waals surface area contributed by atoms with E-state index in [-0.39, 0.29) is 0 Å². The van der Waals surface area contributed by atoms with Crippen molar-refractivity contribution in [2.24, 2.45) is 0 Å². The van der Waals surface area contributed by atoms with Crippen molar-refractivity contribution in [2.45, 2.75) is 6.92 Å². The van der Waals surface area contributed by atoms with Crippen molar-refractivity contribution in [3.05, 3.63) is 64.3 Å². The van der Waals surface area contributed by atoms with E-state index in [9.17, 15) is 0 Å². The number of ether oxygens (including phenoxy) is 1. The van der Waals surface area contributed by atoms with E-state index in [1.807, 2.05) is 25.1 Å². The third-order valence-corrected chi connectivity index (χ3v) is 4.24. The summed E-state index contributed by atoms with van der Waals surface area (Å²) in [5.74, 6) is 1.71. The summed E-state index contributed by atoms with van der Waals surface area (Å²) in [6, 6.07) is 12.7. The van der Waals surface area contributed by atoms with Gasteiger partial charge in [0.1, 0.15) is 11.6 Å². The van der Waals surface area contributed by atoms with Crippen LogP contribution in [-0.4, -0.2) is 17.1 Å². The molecular weight excluding hydrogens is 359 g/mol. The SMILES string of the molecule is COc1ccc(Cl)cc1Nc1nccc(Nc2cccc(Cl)c2C)n1. The van der Waals surface area contributed by atoms with Gasteiger partial charge in [-0.2, -0.15) is 4.98 Å². The molecule has 0 saturated carbocycles. The molecule has 0 saturated heterocycles. The summed E-state index contributed by atoms with van der Waals surface area (Å²) < 4.78 is 5.32. The van der Waals surface area contributed by atoms with Crippen LogP contribution in [0.2, 0.25) is 10.0 Å². The summed E-state index contributed by atoms with van der Waals surface area (Å²) in [6.07, 6.45) is 1.66. The van der Waals surface area contributed by atoms with Crippen LogP contribution >= 0.6 is 23.2 Å². The van der Waals surface area contributed by atoms with Crippen LogP contribution in [0.3, 0.4) is 0 Å². The van der Waals surface area contributed by atoms with Crippen LogP contribution in [-0.2, 0) is 0 Å². The Morgan fingerprint density at radius 3 is 2.64 bits per heavy atom. The number of aromatic nitrogens is 2. The number of nitrogens with zero attached hydrogens (tertiary/aromatic N) is 2. The van der Waals surface area contributed by atoms with Gasteiger partial charge in [0.2, 0.25) is 5.95 Å². The summed E-state index contributed by atoms with van der Waals surface area (Å²) in [7, 11) is 1.59. The zero-order valence-corrected chi connectivity index (χ0v) is 15.2. The van der Waals surface area contributed by atoms with Crippen LogP contribution in [0.15, 0.2) is 48.7 Å². The van der Waals surface area contributed by atoms with E-state index in [1.165, 1.54) is 0 Å². The van der Waals surface area contributed by atoms with E-state index in [0.717, 1.165) is 11.3 Å². The lowest BCUT2D eigenvalue weighted by Crippen LogP contribution is -2.02. The maximum atomic E-state index is 6.16. The summed E-state index contributed by atoms with van der Waals surface area (Å²) in [6.45, 7) is 1.95. The molecule has 128 valence electrons. The van der Waals surface area contributed by atoms with Gasteiger partial charge in [-0.05, 0) is 48.9 Å². The summed E-state index contributed by atoms with van der Waals surface area (Å²) in [5.41, 5.74) is 2.53. The first kappa shape index (κ1) is 17.3. The fourth-order valence-electron chi connectivity index (χ4n) is 2.27. The van der Waals surface area contributed by atoms with E-state index in [1.54, 1.807) is 37.6 Å². The lowest BCUT2D eigenvalue weighted by molar-refractivity contribution is 0.417. The highest BCUT2D eigenvalue weighted by molar-refractivity contribution is 6.31. The van der Waals surface area contributed by atoms with Crippen molar-refractivity contribution in [3.8, 4) is 5.75 Å². The molecule has 5 nitrogen and oxygen atoms in total. The van der Waals surface area contributed by atoms with Gasteiger partial charge in [0.25, 0.3) is 0 Å².